The molecule has 0 aliphatic carbocycles. The molecular weight excluding hydrogens is 464 g/mol. The van der Waals surface area contributed by atoms with Crippen molar-refractivity contribution in [2.75, 3.05) is 13.2 Å². The van der Waals surface area contributed by atoms with Crippen LogP contribution in [0.4, 0.5) is 0 Å². The van der Waals surface area contributed by atoms with Crippen molar-refractivity contribution in [3.8, 4) is 0 Å². The monoisotopic (exact) mass is 508 g/mol. The van der Waals surface area contributed by atoms with Crippen LogP contribution in [0.1, 0.15) is 106 Å². The maximum absolute atomic E-state index is 10.7. The van der Waals surface area contributed by atoms with Gasteiger partial charge in [0.05, 0.1) is 23.8 Å². The zero-order valence-electron chi connectivity index (χ0n) is 21.4. The van der Waals surface area contributed by atoms with E-state index in [1.165, 1.54) is 39.5 Å². The molecule has 192 valence electrons. The summed E-state index contributed by atoms with van der Waals surface area (Å²) in [5, 5.41) is 20.6. The van der Waals surface area contributed by atoms with Crippen LogP contribution in [-0.4, -0.2) is 36.7 Å². The molecule has 0 aliphatic heterocycles. The minimum absolute atomic E-state index is 0.307. The van der Waals surface area contributed by atoms with Crippen LogP contribution in [0.5, 0.6) is 0 Å². The van der Waals surface area contributed by atoms with Gasteiger partial charge >= 0.3 is 79.3 Å². The average molecular weight is 508 g/mol. The number of aliphatic carboxylic acids is 2. The second kappa shape index (κ2) is 27.2. The first-order chi connectivity index (χ1) is 15.6. The van der Waals surface area contributed by atoms with Crippen LogP contribution in [-0.2, 0) is 45.7 Å². The van der Waals surface area contributed by atoms with E-state index in [9.17, 15) is 29.4 Å². The molecule has 0 spiro atoms. The molecule has 0 radical (unpaired) electrons. The summed E-state index contributed by atoms with van der Waals surface area (Å²) in [7, 11) is 0. The van der Waals surface area contributed by atoms with Crippen LogP contribution in [0.3, 0.4) is 0 Å². The van der Waals surface area contributed by atoms with E-state index >= 15 is 0 Å². The fraction of sp³-hybridized carbons (Fsp3) is 0.833. The van der Waals surface area contributed by atoms with E-state index < -0.39 is 43.7 Å². The summed E-state index contributed by atoms with van der Waals surface area (Å²) in [5.74, 6) is -4.89. The molecule has 0 aromatic carbocycles. The Balaban J connectivity index is -0.000000409. The van der Waals surface area contributed by atoms with E-state index in [0.717, 1.165) is 38.9 Å². The third-order valence-corrected chi connectivity index (χ3v) is 5.57. The van der Waals surface area contributed by atoms with Gasteiger partial charge in [0.2, 0.25) is 0 Å². The summed E-state index contributed by atoms with van der Waals surface area (Å²) in [4.78, 5) is 42.0. The summed E-state index contributed by atoms with van der Waals surface area (Å²) >= 11 is -0.519. The van der Waals surface area contributed by atoms with Gasteiger partial charge in [0, 0.05) is 0 Å². The quantitative estimate of drug-likeness (QED) is 0.157. The predicted octanol–water partition coefficient (Wildman–Crippen LogP) is 2.80. The molecule has 0 saturated carbocycles. The van der Waals surface area contributed by atoms with E-state index in [2.05, 4.69) is 13.8 Å². The Kier molecular flexibility index (Phi) is 30.0. The molecule has 0 rings (SSSR count). The van der Waals surface area contributed by atoms with Crippen LogP contribution < -0.4 is 10.2 Å². The number of ketones is 2. The molecule has 33 heavy (non-hydrogen) atoms. The van der Waals surface area contributed by atoms with Crippen molar-refractivity contribution >= 4 is 23.5 Å². The van der Waals surface area contributed by atoms with Gasteiger partial charge in [0.1, 0.15) is 11.6 Å². The Morgan fingerprint density at radius 1 is 0.636 bits per heavy atom. The Labute approximate surface area is 210 Å². The third kappa shape index (κ3) is 27.0. The number of carboxylic acid groups (broad SMARTS) is 2. The summed E-state index contributed by atoms with van der Waals surface area (Å²) in [5.41, 5.74) is 0. The molecule has 0 aliphatic rings. The van der Waals surface area contributed by atoms with E-state index in [0.29, 0.717) is 12.8 Å². The molecule has 0 N–H and O–H groups in total. The molecule has 9 heteroatoms. The molecule has 0 aromatic rings. The molecule has 8 nitrogen and oxygen atoms in total. The molecular formula is C24H44O8Ti. The van der Waals surface area contributed by atoms with E-state index in [-0.39, 0.29) is 11.6 Å². The van der Waals surface area contributed by atoms with E-state index in [4.69, 9.17) is 6.64 Å². The minimum atomic E-state index is -1.24. The SMILES string of the molecule is CCCCC(C(C)=O)C(=O)[O-].CCCCC(C(C)=O)C(=O)[O-].CCCC[O][Ti+2][O]CCCC. The molecule has 0 saturated heterocycles. The Hall–Kier alpha value is -1.09. The fourth-order valence-electron chi connectivity index (χ4n) is 2.35. The number of hydrogen-bond acceptors (Lipinski definition) is 8. The zero-order valence-corrected chi connectivity index (χ0v) is 23.0. The normalized spacial score (nSPS) is 11.6. The van der Waals surface area contributed by atoms with E-state index in [1.54, 1.807) is 0 Å². The van der Waals surface area contributed by atoms with Gasteiger partial charge in [-0.25, -0.2) is 0 Å². The number of Topliss-reactive ketones (excluding diaryl/α,β-unsaturated/α-hetero) is 2. The molecule has 2 atom stereocenters. The molecule has 0 heterocycles. The zero-order chi connectivity index (χ0) is 26.1. The Morgan fingerprint density at radius 3 is 1.15 bits per heavy atom. The first-order valence-corrected chi connectivity index (χ1v) is 13.3. The van der Waals surface area contributed by atoms with Gasteiger partial charge in [-0.15, -0.1) is 0 Å². The molecule has 0 bridgehead atoms. The van der Waals surface area contributed by atoms with Crippen molar-refractivity contribution in [2.24, 2.45) is 11.8 Å². The van der Waals surface area contributed by atoms with Gasteiger partial charge in [-0.05, 0) is 26.7 Å². The number of carboxylic acids is 2. The van der Waals surface area contributed by atoms with Crippen LogP contribution in [0.25, 0.3) is 0 Å². The van der Waals surface area contributed by atoms with Crippen molar-refractivity contribution < 1.29 is 56.0 Å². The Bertz CT molecular complexity index is 439. The van der Waals surface area contributed by atoms with Crippen molar-refractivity contribution in [1.82, 2.24) is 0 Å². The molecule has 0 aromatic heterocycles. The summed E-state index contributed by atoms with van der Waals surface area (Å²) in [6.07, 6.45) is 8.90. The van der Waals surface area contributed by atoms with Gasteiger partial charge in [0.25, 0.3) is 0 Å². The second-order valence-electron chi connectivity index (χ2n) is 7.74. The van der Waals surface area contributed by atoms with Crippen LogP contribution >= 0.6 is 0 Å². The van der Waals surface area contributed by atoms with E-state index in [1.807, 2.05) is 13.8 Å². The van der Waals surface area contributed by atoms with Crippen LogP contribution in [0, 0.1) is 11.8 Å². The van der Waals surface area contributed by atoms with Gasteiger partial charge in [-0.2, -0.15) is 0 Å². The molecule has 2 unspecified atom stereocenters. The standard InChI is InChI=1S/2C8H14O3.2C4H9O.Ti/c2*1-3-4-5-7(6(2)9)8(10)11;2*1-2-3-4-5;/h2*7H,3-5H2,1-2H3,(H,10,11);2*2-4H2,1H3;/q;;2*-1;+4/p-2. The predicted molar refractivity (Wildman–Crippen MR) is 119 cm³/mol. The number of carbonyl (C=O) groups excluding carboxylic acids is 4. The topological polar surface area (TPSA) is 133 Å². The number of hydrogen-bond donors (Lipinski definition) is 0. The van der Waals surface area contributed by atoms with Crippen LogP contribution in [0.15, 0.2) is 0 Å². The molecule has 0 amide bonds. The van der Waals surface area contributed by atoms with Crippen molar-refractivity contribution in [1.29, 1.82) is 0 Å². The average Bonchev–Trinajstić information content (AvgIpc) is 2.74. The number of carbonyl (C=O) groups is 4. The second-order valence-corrected chi connectivity index (χ2v) is 8.90. The van der Waals surface area contributed by atoms with Gasteiger partial charge in [0.15, 0.2) is 0 Å². The molecule has 0 fully saturated rings. The first kappa shape index (κ1) is 36.5. The van der Waals surface area contributed by atoms with Gasteiger partial charge < -0.3 is 19.8 Å². The summed E-state index contributed by atoms with van der Waals surface area (Å²) in [6.45, 7) is 12.6. The summed E-state index contributed by atoms with van der Waals surface area (Å²) < 4.78 is 10.6. The van der Waals surface area contributed by atoms with Gasteiger partial charge in [-0.3, -0.25) is 9.59 Å². The van der Waals surface area contributed by atoms with Crippen molar-refractivity contribution in [3.63, 3.8) is 0 Å². The summed E-state index contributed by atoms with van der Waals surface area (Å²) in [6, 6.07) is 0. The van der Waals surface area contributed by atoms with Crippen molar-refractivity contribution in [2.45, 2.75) is 106 Å². The maximum atomic E-state index is 10.7. The number of rotatable bonds is 18. The first-order valence-electron chi connectivity index (χ1n) is 12.0. The van der Waals surface area contributed by atoms with Crippen LogP contribution in [0.2, 0.25) is 0 Å². The third-order valence-electron chi connectivity index (χ3n) is 4.56. The Morgan fingerprint density at radius 2 is 0.939 bits per heavy atom. The van der Waals surface area contributed by atoms with Crippen molar-refractivity contribution in [3.05, 3.63) is 0 Å². The fourth-order valence-corrected chi connectivity index (χ4v) is 3.19. The number of unbranched alkanes of at least 4 members (excludes halogenated alkanes) is 4. The van der Waals surface area contributed by atoms with Gasteiger partial charge in [-0.1, -0.05) is 39.5 Å².